The molecular formula is C18H29NO2. The Hall–Kier alpha value is -1.06. The summed E-state index contributed by atoms with van der Waals surface area (Å²) < 4.78 is 5.20. The van der Waals surface area contributed by atoms with Crippen LogP contribution < -0.4 is 5.32 Å². The number of hydrogen-bond donors (Lipinski definition) is 2. The summed E-state index contributed by atoms with van der Waals surface area (Å²) in [4.78, 5) is 0. The second-order valence-electron chi connectivity index (χ2n) is 8.15. The molecule has 3 nitrogen and oxygen atoms in total. The standard InChI is InChI=1S/C18H29NO2/c1-17(2,3)14-7-12(9-19-13-10-21-11-13)8-15(16(14)20)18(4,5)6/h7-8,13,19-20H,9-11H2,1-6H3. The Morgan fingerprint density at radius 3 is 1.86 bits per heavy atom. The Morgan fingerprint density at radius 1 is 1.05 bits per heavy atom. The molecule has 0 amide bonds. The zero-order valence-electron chi connectivity index (χ0n) is 14.2. The molecule has 0 radical (unpaired) electrons. The van der Waals surface area contributed by atoms with Gasteiger partial charge in [-0.3, -0.25) is 0 Å². The van der Waals surface area contributed by atoms with Crippen LogP contribution in [0.4, 0.5) is 0 Å². The van der Waals surface area contributed by atoms with Crippen molar-refractivity contribution in [2.75, 3.05) is 13.2 Å². The van der Waals surface area contributed by atoms with Gasteiger partial charge in [0.25, 0.3) is 0 Å². The van der Waals surface area contributed by atoms with Crippen LogP contribution in [-0.2, 0) is 22.1 Å². The first-order valence-electron chi connectivity index (χ1n) is 7.77. The van der Waals surface area contributed by atoms with Gasteiger partial charge < -0.3 is 15.2 Å². The smallest absolute Gasteiger partial charge is 0.123 e. The van der Waals surface area contributed by atoms with Gasteiger partial charge in [-0.1, -0.05) is 53.7 Å². The first kappa shape index (κ1) is 16.3. The highest BCUT2D eigenvalue weighted by atomic mass is 16.5. The van der Waals surface area contributed by atoms with Crippen molar-refractivity contribution in [3.05, 3.63) is 28.8 Å². The lowest BCUT2D eigenvalue weighted by Gasteiger charge is -2.30. The van der Waals surface area contributed by atoms with Crippen molar-refractivity contribution in [3.63, 3.8) is 0 Å². The highest BCUT2D eigenvalue weighted by molar-refractivity contribution is 5.49. The van der Waals surface area contributed by atoms with Crippen molar-refractivity contribution in [2.24, 2.45) is 0 Å². The molecule has 1 heterocycles. The van der Waals surface area contributed by atoms with E-state index in [0.29, 0.717) is 11.8 Å². The Morgan fingerprint density at radius 2 is 1.52 bits per heavy atom. The normalized spacial score (nSPS) is 16.9. The molecular weight excluding hydrogens is 262 g/mol. The van der Waals surface area contributed by atoms with Gasteiger partial charge in [-0.25, -0.2) is 0 Å². The summed E-state index contributed by atoms with van der Waals surface area (Å²) in [6.45, 7) is 15.3. The summed E-state index contributed by atoms with van der Waals surface area (Å²) in [5, 5.41) is 14.2. The Kier molecular flexibility index (Phi) is 4.36. The Bertz CT molecular complexity index is 470. The second kappa shape index (κ2) is 5.62. The lowest BCUT2D eigenvalue weighted by molar-refractivity contribution is -0.00579. The molecule has 0 spiro atoms. The van der Waals surface area contributed by atoms with Crippen LogP contribution in [-0.4, -0.2) is 24.4 Å². The van der Waals surface area contributed by atoms with Crippen molar-refractivity contribution < 1.29 is 9.84 Å². The summed E-state index contributed by atoms with van der Waals surface area (Å²) in [5.41, 5.74) is 3.14. The zero-order chi connectivity index (χ0) is 15.8. The molecule has 1 aliphatic rings. The van der Waals surface area contributed by atoms with E-state index in [-0.39, 0.29) is 10.8 Å². The summed E-state index contributed by atoms with van der Waals surface area (Å²) in [6, 6.07) is 4.74. The highest BCUT2D eigenvalue weighted by Crippen LogP contribution is 2.39. The number of aromatic hydroxyl groups is 1. The molecule has 118 valence electrons. The van der Waals surface area contributed by atoms with E-state index in [1.807, 2.05) is 0 Å². The molecule has 2 rings (SSSR count). The maximum atomic E-state index is 10.7. The minimum atomic E-state index is -0.0698. The average Bonchev–Trinajstić information content (AvgIpc) is 2.25. The average molecular weight is 291 g/mol. The molecule has 21 heavy (non-hydrogen) atoms. The lowest BCUT2D eigenvalue weighted by atomic mass is 9.78. The fourth-order valence-corrected chi connectivity index (χ4v) is 2.56. The highest BCUT2D eigenvalue weighted by Gasteiger charge is 2.26. The van der Waals surface area contributed by atoms with Crippen LogP contribution in [0, 0.1) is 0 Å². The fraction of sp³-hybridized carbons (Fsp3) is 0.667. The van der Waals surface area contributed by atoms with E-state index in [4.69, 9.17) is 4.74 Å². The molecule has 1 aliphatic heterocycles. The van der Waals surface area contributed by atoms with Crippen LogP contribution >= 0.6 is 0 Å². The number of ether oxygens (including phenoxy) is 1. The van der Waals surface area contributed by atoms with Gasteiger partial charge in [0.1, 0.15) is 5.75 Å². The molecule has 0 saturated carbocycles. The van der Waals surface area contributed by atoms with Gasteiger partial charge in [0.05, 0.1) is 19.3 Å². The molecule has 0 bridgehead atoms. The number of phenols is 1. The zero-order valence-corrected chi connectivity index (χ0v) is 14.2. The van der Waals surface area contributed by atoms with Crippen LogP contribution in [0.2, 0.25) is 0 Å². The van der Waals surface area contributed by atoms with E-state index >= 15 is 0 Å². The predicted octanol–water partition coefficient (Wildman–Crippen LogP) is 3.48. The van der Waals surface area contributed by atoms with Crippen molar-refractivity contribution in [3.8, 4) is 5.75 Å². The molecule has 0 aromatic heterocycles. The van der Waals surface area contributed by atoms with Gasteiger partial charge in [0.15, 0.2) is 0 Å². The van der Waals surface area contributed by atoms with Gasteiger partial charge >= 0.3 is 0 Å². The van der Waals surface area contributed by atoms with Gasteiger partial charge in [-0.05, 0) is 27.5 Å². The molecule has 1 fully saturated rings. The maximum Gasteiger partial charge on any atom is 0.123 e. The summed E-state index contributed by atoms with van der Waals surface area (Å²) in [7, 11) is 0. The quantitative estimate of drug-likeness (QED) is 0.896. The molecule has 0 unspecified atom stereocenters. The third kappa shape index (κ3) is 3.78. The minimum absolute atomic E-state index is 0.0698. The van der Waals surface area contributed by atoms with Crippen LogP contribution in [0.25, 0.3) is 0 Å². The number of rotatable bonds is 3. The van der Waals surface area contributed by atoms with Gasteiger partial charge in [0.2, 0.25) is 0 Å². The Balaban J connectivity index is 2.35. The third-order valence-corrected chi connectivity index (χ3v) is 4.02. The second-order valence-corrected chi connectivity index (χ2v) is 8.15. The van der Waals surface area contributed by atoms with Crippen molar-refractivity contribution in [2.45, 2.75) is 65.0 Å². The van der Waals surface area contributed by atoms with Crippen molar-refractivity contribution >= 4 is 0 Å². The largest absolute Gasteiger partial charge is 0.507 e. The topological polar surface area (TPSA) is 41.5 Å². The first-order valence-corrected chi connectivity index (χ1v) is 7.77. The SMILES string of the molecule is CC(C)(C)c1cc(CNC2COC2)cc(C(C)(C)C)c1O. The maximum absolute atomic E-state index is 10.7. The fourth-order valence-electron chi connectivity index (χ4n) is 2.56. The molecule has 0 aliphatic carbocycles. The first-order chi connectivity index (χ1) is 9.59. The molecule has 1 aromatic carbocycles. The van der Waals surface area contributed by atoms with E-state index in [1.54, 1.807) is 0 Å². The van der Waals surface area contributed by atoms with E-state index in [9.17, 15) is 5.11 Å². The van der Waals surface area contributed by atoms with E-state index in [2.05, 4.69) is 59.0 Å². The molecule has 2 N–H and O–H groups in total. The molecule has 1 aromatic rings. The number of phenolic OH excluding ortho intramolecular Hbond substituents is 1. The van der Waals surface area contributed by atoms with Crippen LogP contribution in [0.15, 0.2) is 12.1 Å². The Labute approximate surface area is 128 Å². The number of nitrogens with one attached hydrogen (secondary N) is 1. The number of hydrogen-bond acceptors (Lipinski definition) is 3. The molecule has 0 atom stereocenters. The molecule has 3 heteroatoms. The minimum Gasteiger partial charge on any atom is -0.507 e. The monoisotopic (exact) mass is 291 g/mol. The third-order valence-electron chi connectivity index (χ3n) is 4.02. The predicted molar refractivity (Wildman–Crippen MR) is 87.0 cm³/mol. The van der Waals surface area contributed by atoms with E-state index in [1.165, 1.54) is 5.56 Å². The van der Waals surface area contributed by atoms with Gasteiger partial charge in [-0.15, -0.1) is 0 Å². The van der Waals surface area contributed by atoms with Gasteiger partial charge in [0, 0.05) is 6.54 Å². The van der Waals surface area contributed by atoms with Crippen LogP contribution in [0.5, 0.6) is 5.75 Å². The van der Waals surface area contributed by atoms with E-state index in [0.717, 1.165) is 30.9 Å². The number of benzene rings is 1. The summed E-state index contributed by atoms with van der Waals surface area (Å²) in [5.74, 6) is 0.450. The lowest BCUT2D eigenvalue weighted by Crippen LogP contribution is -2.45. The van der Waals surface area contributed by atoms with Crippen molar-refractivity contribution in [1.29, 1.82) is 0 Å². The summed E-state index contributed by atoms with van der Waals surface area (Å²) >= 11 is 0. The van der Waals surface area contributed by atoms with Crippen LogP contribution in [0.1, 0.15) is 58.2 Å². The van der Waals surface area contributed by atoms with Crippen LogP contribution in [0.3, 0.4) is 0 Å². The van der Waals surface area contributed by atoms with Gasteiger partial charge in [-0.2, -0.15) is 0 Å². The van der Waals surface area contributed by atoms with E-state index < -0.39 is 0 Å². The van der Waals surface area contributed by atoms with Crippen molar-refractivity contribution in [1.82, 2.24) is 5.32 Å². The molecule has 1 saturated heterocycles. The summed E-state index contributed by atoms with van der Waals surface area (Å²) in [6.07, 6.45) is 0.